The molecule has 2 aromatic rings. The number of pyridine rings is 1. The molecule has 0 unspecified atom stereocenters. The lowest BCUT2D eigenvalue weighted by atomic mass is 10.0. The van der Waals surface area contributed by atoms with Gasteiger partial charge in [0.05, 0.1) is 18.9 Å². The molecule has 1 aromatic heterocycles. The van der Waals surface area contributed by atoms with Gasteiger partial charge in [-0.3, -0.25) is 4.98 Å². The Labute approximate surface area is 134 Å². The molecule has 1 aliphatic rings. The molecule has 0 spiro atoms. The van der Waals surface area contributed by atoms with Crippen LogP contribution in [0.15, 0.2) is 36.5 Å². The summed E-state index contributed by atoms with van der Waals surface area (Å²) in [6, 6.07) is 7.42. The van der Waals surface area contributed by atoms with Gasteiger partial charge in [0, 0.05) is 23.7 Å². The van der Waals surface area contributed by atoms with Crippen molar-refractivity contribution in [2.45, 2.75) is 32.0 Å². The molecule has 23 heavy (non-hydrogen) atoms. The molecule has 3 nitrogen and oxygen atoms in total. The number of hydrogen-bond acceptors (Lipinski definition) is 3. The predicted octanol–water partition coefficient (Wildman–Crippen LogP) is 4.42. The van der Waals surface area contributed by atoms with Gasteiger partial charge in [0.1, 0.15) is 0 Å². The highest BCUT2D eigenvalue weighted by molar-refractivity contribution is 5.59. The summed E-state index contributed by atoms with van der Waals surface area (Å²) in [5.74, 6) is -2.49. The van der Waals surface area contributed by atoms with E-state index in [0.29, 0.717) is 24.5 Å². The molecular weight excluding hydrogens is 300 g/mol. The van der Waals surface area contributed by atoms with Crippen LogP contribution in [0.2, 0.25) is 0 Å². The highest BCUT2D eigenvalue weighted by atomic mass is 19.2. The topological polar surface area (TPSA) is 31.4 Å². The van der Waals surface area contributed by atoms with Gasteiger partial charge < -0.3 is 9.47 Å². The van der Waals surface area contributed by atoms with E-state index in [-0.39, 0.29) is 0 Å². The van der Waals surface area contributed by atoms with E-state index in [4.69, 9.17) is 9.47 Å². The van der Waals surface area contributed by atoms with Crippen LogP contribution in [-0.4, -0.2) is 18.2 Å². The third kappa shape index (κ3) is 3.26. The zero-order chi connectivity index (χ0) is 16.3. The minimum absolute atomic E-state index is 0.533. The fourth-order valence-corrected chi connectivity index (χ4v) is 2.80. The molecule has 1 saturated heterocycles. The van der Waals surface area contributed by atoms with Crippen LogP contribution < -0.4 is 0 Å². The van der Waals surface area contributed by atoms with E-state index in [1.807, 2.05) is 6.07 Å². The molecular formula is C18H19F2NO2. The van der Waals surface area contributed by atoms with Crippen LogP contribution in [-0.2, 0) is 15.3 Å². The second kappa shape index (κ2) is 6.72. The summed E-state index contributed by atoms with van der Waals surface area (Å²) in [5, 5.41) is 0. The van der Waals surface area contributed by atoms with Crippen LogP contribution in [0.25, 0.3) is 11.3 Å². The van der Waals surface area contributed by atoms with Crippen molar-refractivity contribution in [1.82, 2.24) is 4.98 Å². The van der Waals surface area contributed by atoms with Gasteiger partial charge in [-0.25, -0.2) is 8.78 Å². The largest absolute Gasteiger partial charge is 0.346 e. The van der Waals surface area contributed by atoms with Crippen LogP contribution in [0.5, 0.6) is 0 Å². The maximum absolute atomic E-state index is 13.4. The molecule has 2 heterocycles. The number of benzene rings is 1. The Morgan fingerprint density at radius 3 is 2.48 bits per heavy atom. The summed E-state index contributed by atoms with van der Waals surface area (Å²) < 4.78 is 38.2. The van der Waals surface area contributed by atoms with Gasteiger partial charge in [-0.15, -0.1) is 0 Å². The molecule has 0 radical (unpaired) electrons. The van der Waals surface area contributed by atoms with E-state index in [0.717, 1.165) is 37.0 Å². The lowest BCUT2D eigenvalue weighted by Gasteiger charge is -2.37. The molecule has 3 rings (SSSR count). The summed E-state index contributed by atoms with van der Waals surface area (Å²) in [4.78, 5) is 4.37. The Bertz CT molecular complexity index is 662. The zero-order valence-electron chi connectivity index (χ0n) is 13.0. The average molecular weight is 319 g/mol. The predicted molar refractivity (Wildman–Crippen MR) is 82.7 cm³/mol. The molecule has 0 amide bonds. The van der Waals surface area contributed by atoms with Crippen LogP contribution in [0.1, 0.15) is 31.7 Å². The van der Waals surface area contributed by atoms with Gasteiger partial charge in [-0.2, -0.15) is 0 Å². The molecule has 1 aliphatic heterocycles. The Hall–Kier alpha value is -1.85. The first-order chi connectivity index (χ1) is 11.1. The van der Waals surface area contributed by atoms with Gasteiger partial charge in [0.2, 0.25) is 0 Å². The quantitative estimate of drug-likeness (QED) is 0.836. The molecule has 0 bridgehead atoms. The van der Waals surface area contributed by atoms with E-state index < -0.39 is 17.4 Å². The van der Waals surface area contributed by atoms with E-state index >= 15 is 0 Å². The van der Waals surface area contributed by atoms with Crippen molar-refractivity contribution in [3.63, 3.8) is 0 Å². The number of rotatable bonds is 4. The third-order valence-electron chi connectivity index (χ3n) is 3.96. The number of ether oxygens (including phenoxy) is 2. The highest BCUT2D eigenvalue weighted by Gasteiger charge is 2.36. The number of aromatic nitrogens is 1. The van der Waals surface area contributed by atoms with Gasteiger partial charge in [0.15, 0.2) is 17.4 Å². The first-order valence-corrected chi connectivity index (χ1v) is 7.84. The summed E-state index contributed by atoms with van der Waals surface area (Å²) >= 11 is 0. The molecule has 1 fully saturated rings. The lowest BCUT2D eigenvalue weighted by Crippen LogP contribution is -2.38. The maximum Gasteiger partial charge on any atom is 0.196 e. The normalized spacial score (nSPS) is 17.2. The number of hydrogen-bond donors (Lipinski definition) is 0. The Morgan fingerprint density at radius 2 is 1.87 bits per heavy atom. The molecule has 5 heteroatoms. The average Bonchev–Trinajstić information content (AvgIpc) is 2.59. The van der Waals surface area contributed by atoms with Crippen molar-refractivity contribution in [1.29, 1.82) is 0 Å². The minimum atomic E-state index is -0.880. The monoisotopic (exact) mass is 319 g/mol. The minimum Gasteiger partial charge on any atom is -0.346 e. The highest BCUT2D eigenvalue weighted by Crippen LogP contribution is 2.35. The molecule has 0 N–H and O–H groups in total. The maximum atomic E-state index is 13.4. The van der Waals surface area contributed by atoms with Crippen molar-refractivity contribution in [2.75, 3.05) is 13.2 Å². The Kier molecular flexibility index (Phi) is 4.68. The van der Waals surface area contributed by atoms with Gasteiger partial charge >= 0.3 is 0 Å². The van der Waals surface area contributed by atoms with Crippen molar-refractivity contribution in [3.05, 3.63) is 53.7 Å². The fraction of sp³-hybridized carbons (Fsp3) is 0.389. The van der Waals surface area contributed by atoms with E-state index in [1.54, 1.807) is 12.3 Å². The molecule has 0 atom stereocenters. The van der Waals surface area contributed by atoms with Gasteiger partial charge in [-0.1, -0.05) is 13.3 Å². The van der Waals surface area contributed by atoms with Crippen molar-refractivity contribution in [2.24, 2.45) is 0 Å². The van der Waals surface area contributed by atoms with Gasteiger partial charge in [0.25, 0.3) is 0 Å². The summed E-state index contributed by atoms with van der Waals surface area (Å²) in [6.07, 6.45) is 4.24. The van der Waals surface area contributed by atoms with E-state index in [2.05, 4.69) is 11.9 Å². The lowest BCUT2D eigenvalue weighted by molar-refractivity contribution is -0.280. The second-order valence-corrected chi connectivity index (χ2v) is 5.61. The molecule has 0 aliphatic carbocycles. The first-order valence-electron chi connectivity index (χ1n) is 7.84. The second-order valence-electron chi connectivity index (χ2n) is 5.61. The summed E-state index contributed by atoms with van der Waals surface area (Å²) in [7, 11) is 0. The number of nitrogens with zero attached hydrogens (tertiary/aromatic N) is 1. The Morgan fingerprint density at radius 1 is 1.09 bits per heavy atom. The van der Waals surface area contributed by atoms with Crippen molar-refractivity contribution in [3.8, 4) is 11.3 Å². The molecule has 1 aromatic carbocycles. The summed E-state index contributed by atoms with van der Waals surface area (Å²) in [5.41, 5.74) is 1.96. The first kappa shape index (κ1) is 16.0. The number of halogens is 2. The van der Waals surface area contributed by atoms with E-state index in [9.17, 15) is 8.78 Å². The standard InChI is InChI=1S/C18H19F2NO2/c1-2-8-18(22-9-3-10-23-18)14-5-7-17(21-12-14)13-4-6-15(19)16(20)11-13/h4-7,11-12H,2-3,8-10H2,1H3. The van der Waals surface area contributed by atoms with Gasteiger partial charge in [-0.05, 0) is 36.8 Å². The van der Waals surface area contributed by atoms with Crippen LogP contribution in [0.4, 0.5) is 8.78 Å². The smallest absolute Gasteiger partial charge is 0.196 e. The fourth-order valence-electron chi connectivity index (χ4n) is 2.80. The third-order valence-corrected chi connectivity index (χ3v) is 3.96. The van der Waals surface area contributed by atoms with E-state index in [1.165, 1.54) is 6.07 Å². The summed E-state index contributed by atoms with van der Waals surface area (Å²) in [6.45, 7) is 3.39. The molecule has 0 saturated carbocycles. The zero-order valence-corrected chi connectivity index (χ0v) is 13.0. The Balaban J connectivity index is 1.89. The van der Waals surface area contributed by atoms with Crippen molar-refractivity contribution >= 4 is 0 Å². The molecule has 122 valence electrons. The SMILES string of the molecule is CCCC1(c2ccc(-c3ccc(F)c(F)c3)nc2)OCCCO1. The van der Waals surface area contributed by atoms with Crippen LogP contribution in [0, 0.1) is 11.6 Å². The van der Waals surface area contributed by atoms with Crippen LogP contribution in [0.3, 0.4) is 0 Å². The van der Waals surface area contributed by atoms with Crippen LogP contribution >= 0.6 is 0 Å². The van der Waals surface area contributed by atoms with Crippen molar-refractivity contribution < 1.29 is 18.3 Å².